The van der Waals surface area contributed by atoms with Gasteiger partial charge in [0.2, 0.25) is 29.5 Å². The Labute approximate surface area is 261 Å². The SMILES string of the molecule is CC(C)N(C)[C@@H]1CCC[C@H](NC(=O)C2CC(NC(=O)CCOCCNC(=O)CCOCCNC(=O)[C@H]3CC(=O)N(C)C3)C2)C1. The molecule has 5 amide bonds. The number of carbonyl (C=O) groups is 5. The topological polar surface area (TPSA) is 158 Å². The van der Waals surface area contributed by atoms with Crippen LogP contribution in [0.4, 0.5) is 0 Å². The molecule has 3 atom stereocenters. The molecule has 13 nitrogen and oxygen atoms in total. The Bertz CT molecular complexity index is 973. The van der Waals surface area contributed by atoms with Gasteiger partial charge >= 0.3 is 0 Å². The van der Waals surface area contributed by atoms with Crippen molar-refractivity contribution < 1.29 is 33.4 Å². The van der Waals surface area contributed by atoms with Gasteiger partial charge in [0.1, 0.15) is 0 Å². The summed E-state index contributed by atoms with van der Waals surface area (Å²) in [5.41, 5.74) is 0. The van der Waals surface area contributed by atoms with Crippen molar-refractivity contribution in [1.29, 1.82) is 0 Å². The van der Waals surface area contributed by atoms with Gasteiger partial charge in [0.25, 0.3) is 0 Å². The number of likely N-dealkylation sites (tertiary alicyclic amines) is 1. The Morgan fingerprint density at radius 3 is 2.14 bits per heavy atom. The molecule has 2 aliphatic carbocycles. The van der Waals surface area contributed by atoms with Crippen LogP contribution in [0.25, 0.3) is 0 Å². The molecule has 1 aliphatic heterocycles. The van der Waals surface area contributed by atoms with Crippen molar-refractivity contribution in [3.05, 3.63) is 0 Å². The van der Waals surface area contributed by atoms with Crippen molar-refractivity contribution >= 4 is 29.5 Å². The number of carbonyl (C=O) groups excluding carboxylic acids is 5. The first-order chi connectivity index (χ1) is 21.0. The zero-order valence-electron chi connectivity index (χ0n) is 27.0. The van der Waals surface area contributed by atoms with Gasteiger partial charge in [-0.2, -0.15) is 0 Å². The summed E-state index contributed by atoms with van der Waals surface area (Å²) < 4.78 is 10.9. The van der Waals surface area contributed by atoms with Gasteiger partial charge in [-0.3, -0.25) is 24.0 Å². The first kappa shape index (κ1) is 35.7. The van der Waals surface area contributed by atoms with Gasteiger partial charge < -0.3 is 40.5 Å². The van der Waals surface area contributed by atoms with Crippen LogP contribution in [0.3, 0.4) is 0 Å². The summed E-state index contributed by atoms with van der Waals surface area (Å²) in [4.78, 5) is 64.4. The lowest BCUT2D eigenvalue weighted by Gasteiger charge is -2.39. The summed E-state index contributed by atoms with van der Waals surface area (Å²) in [6, 6.07) is 1.27. The monoisotopic (exact) mass is 622 g/mol. The van der Waals surface area contributed by atoms with Gasteiger partial charge in [0.15, 0.2) is 0 Å². The molecule has 0 spiro atoms. The molecule has 0 aromatic rings. The minimum Gasteiger partial charge on any atom is -0.379 e. The van der Waals surface area contributed by atoms with Crippen molar-refractivity contribution in [3.8, 4) is 0 Å². The average molecular weight is 623 g/mol. The summed E-state index contributed by atoms with van der Waals surface area (Å²) in [6.07, 6.45) is 6.35. The second-order valence-corrected chi connectivity index (χ2v) is 12.8. The van der Waals surface area contributed by atoms with E-state index in [9.17, 15) is 24.0 Å². The minimum atomic E-state index is -0.318. The Morgan fingerprint density at radius 2 is 1.50 bits per heavy atom. The summed E-state index contributed by atoms with van der Waals surface area (Å²) in [5.74, 6) is -0.687. The van der Waals surface area contributed by atoms with E-state index in [1.54, 1.807) is 11.9 Å². The third kappa shape index (κ3) is 12.0. The lowest BCUT2D eigenvalue weighted by atomic mass is 9.79. The highest BCUT2D eigenvalue weighted by Gasteiger charge is 2.37. The normalized spacial score (nSPS) is 25.1. The molecule has 44 heavy (non-hydrogen) atoms. The fourth-order valence-corrected chi connectivity index (χ4v) is 5.97. The molecule has 0 aromatic carbocycles. The van der Waals surface area contributed by atoms with E-state index in [4.69, 9.17) is 9.47 Å². The maximum absolute atomic E-state index is 12.7. The second-order valence-electron chi connectivity index (χ2n) is 12.8. The van der Waals surface area contributed by atoms with E-state index in [0.29, 0.717) is 51.2 Å². The Balaban J connectivity index is 1.11. The van der Waals surface area contributed by atoms with E-state index in [-0.39, 0.29) is 92.5 Å². The van der Waals surface area contributed by atoms with Crippen LogP contribution >= 0.6 is 0 Å². The van der Waals surface area contributed by atoms with Crippen LogP contribution in [0.15, 0.2) is 0 Å². The van der Waals surface area contributed by atoms with Crippen molar-refractivity contribution in [3.63, 3.8) is 0 Å². The minimum absolute atomic E-state index is 0.0260. The smallest absolute Gasteiger partial charge is 0.225 e. The third-order valence-corrected chi connectivity index (χ3v) is 9.03. The number of hydrogen-bond donors (Lipinski definition) is 4. The van der Waals surface area contributed by atoms with Crippen LogP contribution < -0.4 is 21.3 Å². The highest BCUT2D eigenvalue weighted by atomic mass is 16.5. The molecule has 1 saturated heterocycles. The summed E-state index contributed by atoms with van der Waals surface area (Å²) >= 11 is 0. The third-order valence-electron chi connectivity index (χ3n) is 9.03. The van der Waals surface area contributed by atoms with Gasteiger partial charge in [-0.05, 0) is 59.4 Å². The predicted octanol–water partition coefficient (Wildman–Crippen LogP) is 0.173. The van der Waals surface area contributed by atoms with Crippen LogP contribution in [-0.2, 0) is 33.4 Å². The van der Waals surface area contributed by atoms with Gasteiger partial charge in [-0.25, -0.2) is 0 Å². The van der Waals surface area contributed by atoms with E-state index in [0.717, 1.165) is 19.3 Å². The van der Waals surface area contributed by atoms with Crippen molar-refractivity contribution in [2.24, 2.45) is 11.8 Å². The van der Waals surface area contributed by atoms with Crippen LogP contribution in [-0.4, -0.2) is 124 Å². The lowest BCUT2D eigenvalue weighted by Crippen LogP contribution is -2.52. The quantitative estimate of drug-likeness (QED) is 0.158. The fourth-order valence-electron chi connectivity index (χ4n) is 5.97. The van der Waals surface area contributed by atoms with Crippen molar-refractivity contribution in [2.75, 3.05) is 60.2 Å². The summed E-state index contributed by atoms with van der Waals surface area (Å²) in [5, 5.41) is 11.7. The van der Waals surface area contributed by atoms with E-state index in [1.807, 2.05) is 0 Å². The number of rotatable bonds is 18. The molecule has 0 aromatic heterocycles. The van der Waals surface area contributed by atoms with Crippen LogP contribution in [0, 0.1) is 11.8 Å². The second kappa shape index (κ2) is 18.3. The van der Waals surface area contributed by atoms with Crippen LogP contribution in [0.2, 0.25) is 0 Å². The fraction of sp³-hybridized carbons (Fsp3) is 0.839. The number of nitrogens with one attached hydrogen (secondary N) is 4. The first-order valence-corrected chi connectivity index (χ1v) is 16.3. The van der Waals surface area contributed by atoms with E-state index < -0.39 is 0 Å². The standard InChI is InChI=1S/C31H54N6O7/c1-21(2)37(4)26-7-5-6-24(19-26)35-31(42)22-16-25(17-22)34-28(39)9-13-44-14-10-32-27(38)8-12-43-15-11-33-30(41)23-18-29(40)36(3)20-23/h21-26H,5-20H2,1-4H3,(H,32,38)(H,33,41)(H,34,39)(H,35,42)/t22?,23-,24-,25?,26+/m0/s1. The number of nitrogens with zero attached hydrogens (tertiary/aromatic N) is 2. The molecular formula is C31H54N6O7. The summed E-state index contributed by atoms with van der Waals surface area (Å²) in [7, 11) is 3.85. The molecule has 3 rings (SSSR count). The first-order valence-electron chi connectivity index (χ1n) is 16.3. The lowest BCUT2D eigenvalue weighted by molar-refractivity contribution is -0.131. The van der Waals surface area contributed by atoms with Crippen LogP contribution in [0.5, 0.6) is 0 Å². The largest absolute Gasteiger partial charge is 0.379 e. The molecule has 0 unspecified atom stereocenters. The van der Waals surface area contributed by atoms with Crippen molar-refractivity contribution in [1.82, 2.24) is 31.1 Å². The highest BCUT2D eigenvalue weighted by molar-refractivity contribution is 5.89. The van der Waals surface area contributed by atoms with Gasteiger partial charge in [-0.15, -0.1) is 0 Å². The number of ether oxygens (including phenoxy) is 2. The molecular weight excluding hydrogens is 568 g/mol. The Kier molecular flexibility index (Phi) is 14.8. The molecule has 2 saturated carbocycles. The zero-order chi connectivity index (χ0) is 32.1. The van der Waals surface area contributed by atoms with Crippen LogP contribution in [0.1, 0.15) is 71.6 Å². The highest BCUT2D eigenvalue weighted by Crippen LogP contribution is 2.29. The Hall–Kier alpha value is -2.77. The van der Waals surface area contributed by atoms with Crippen molar-refractivity contribution in [2.45, 2.75) is 95.8 Å². The van der Waals surface area contributed by atoms with Gasteiger partial charge in [0.05, 0.1) is 32.3 Å². The zero-order valence-corrected chi connectivity index (χ0v) is 27.0. The maximum atomic E-state index is 12.7. The van der Waals surface area contributed by atoms with Gasteiger partial charge in [0, 0.05) is 76.0 Å². The molecule has 1 heterocycles. The predicted molar refractivity (Wildman–Crippen MR) is 164 cm³/mol. The molecule has 3 aliphatic rings. The molecule has 0 radical (unpaired) electrons. The average Bonchev–Trinajstić information content (AvgIpc) is 3.31. The summed E-state index contributed by atoms with van der Waals surface area (Å²) in [6.45, 7) is 6.56. The molecule has 13 heteroatoms. The van der Waals surface area contributed by atoms with E-state index >= 15 is 0 Å². The molecule has 0 bridgehead atoms. The van der Waals surface area contributed by atoms with E-state index in [2.05, 4.69) is 47.1 Å². The molecule has 3 fully saturated rings. The molecule has 250 valence electrons. The maximum Gasteiger partial charge on any atom is 0.225 e. The number of amides is 5. The Morgan fingerprint density at radius 1 is 0.841 bits per heavy atom. The molecule has 4 N–H and O–H groups in total. The van der Waals surface area contributed by atoms with E-state index in [1.165, 1.54) is 6.42 Å². The number of hydrogen-bond acceptors (Lipinski definition) is 8. The van der Waals surface area contributed by atoms with Gasteiger partial charge in [-0.1, -0.05) is 0 Å².